The lowest BCUT2D eigenvalue weighted by atomic mass is 9.95. The molecule has 1 saturated carbocycles. The fraction of sp³-hybridized carbons (Fsp3) is 0.714. The van der Waals surface area contributed by atoms with Crippen molar-refractivity contribution in [1.29, 1.82) is 0 Å². The number of aromatic nitrogens is 2. The van der Waals surface area contributed by atoms with Crippen molar-refractivity contribution >= 4 is 11.6 Å². The number of nitrogens with zero attached hydrogens (tertiary/aromatic N) is 3. The summed E-state index contributed by atoms with van der Waals surface area (Å²) in [5, 5.41) is 0. The number of hydrogen-bond acceptors (Lipinski definition) is 4. The summed E-state index contributed by atoms with van der Waals surface area (Å²) in [7, 11) is 2.10. The van der Waals surface area contributed by atoms with Gasteiger partial charge in [-0.3, -0.25) is 0 Å². The molecule has 1 aromatic heterocycles. The van der Waals surface area contributed by atoms with Crippen molar-refractivity contribution in [2.45, 2.75) is 46.0 Å². The van der Waals surface area contributed by atoms with E-state index >= 15 is 0 Å². The van der Waals surface area contributed by atoms with E-state index in [-0.39, 0.29) is 5.41 Å². The molecule has 1 fully saturated rings. The highest BCUT2D eigenvalue weighted by molar-refractivity contribution is 5.56. The SMILES string of the molecule is Cc1c(N)nc(C(C)(C)C)nc1N(C)CC1CC1. The fourth-order valence-electron chi connectivity index (χ4n) is 2.00. The number of rotatable bonds is 3. The predicted molar refractivity (Wildman–Crippen MR) is 75.9 cm³/mol. The molecular formula is C14H24N4. The van der Waals surface area contributed by atoms with E-state index in [9.17, 15) is 0 Å². The topological polar surface area (TPSA) is 55.0 Å². The van der Waals surface area contributed by atoms with Gasteiger partial charge < -0.3 is 10.6 Å². The highest BCUT2D eigenvalue weighted by Crippen LogP contribution is 2.32. The number of anilines is 2. The molecule has 2 rings (SSSR count). The maximum atomic E-state index is 6.02. The van der Waals surface area contributed by atoms with Crippen LogP contribution in [0.4, 0.5) is 11.6 Å². The zero-order valence-electron chi connectivity index (χ0n) is 12.1. The molecule has 0 atom stereocenters. The Kier molecular flexibility index (Phi) is 3.21. The van der Waals surface area contributed by atoms with Crippen molar-refractivity contribution < 1.29 is 0 Å². The van der Waals surface area contributed by atoms with Crippen LogP contribution in [0.15, 0.2) is 0 Å². The third kappa shape index (κ3) is 2.74. The van der Waals surface area contributed by atoms with Crippen LogP contribution < -0.4 is 10.6 Å². The largest absolute Gasteiger partial charge is 0.383 e. The van der Waals surface area contributed by atoms with Crippen molar-refractivity contribution in [1.82, 2.24) is 9.97 Å². The third-order valence-corrected chi connectivity index (χ3v) is 3.42. The summed E-state index contributed by atoms with van der Waals surface area (Å²) in [6.07, 6.45) is 2.69. The van der Waals surface area contributed by atoms with E-state index in [0.29, 0.717) is 5.82 Å². The first-order chi connectivity index (χ1) is 8.29. The summed E-state index contributed by atoms with van der Waals surface area (Å²) in [6, 6.07) is 0. The van der Waals surface area contributed by atoms with Gasteiger partial charge in [-0.25, -0.2) is 9.97 Å². The zero-order chi connectivity index (χ0) is 13.5. The minimum atomic E-state index is -0.0724. The van der Waals surface area contributed by atoms with Crippen LogP contribution in [0.2, 0.25) is 0 Å². The van der Waals surface area contributed by atoms with Crippen molar-refractivity contribution in [2.24, 2.45) is 5.92 Å². The Morgan fingerprint density at radius 2 is 1.89 bits per heavy atom. The summed E-state index contributed by atoms with van der Waals surface area (Å²) >= 11 is 0. The van der Waals surface area contributed by atoms with Gasteiger partial charge in [-0.1, -0.05) is 20.8 Å². The van der Waals surface area contributed by atoms with E-state index < -0.39 is 0 Å². The standard InChI is InChI=1S/C14H24N4/c1-9-11(15)16-13(14(2,3)4)17-12(9)18(5)8-10-6-7-10/h10H,6-8H2,1-5H3,(H2,15,16,17). The van der Waals surface area contributed by atoms with Gasteiger partial charge in [0.2, 0.25) is 0 Å². The Balaban J connectivity index is 2.35. The highest BCUT2D eigenvalue weighted by atomic mass is 15.2. The van der Waals surface area contributed by atoms with Crippen LogP contribution in [0.5, 0.6) is 0 Å². The van der Waals surface area contributed by atoms with E-state index in [1.807, 2.05) is 6.92 Å². The number of hydrogen-bond donors (Lipinski definition) is 1. The third-order valence-electron chi connectivity index (χ3n) is 3.42. The molecule has 1 aliphatic carbocycles. The van der Waals surface area contributed by atoms with Gasteiger partial charge in [0, 0.05) is 24.6 Å². The van der Waals surface area contributed by atoms with E-state index in [2.05, 4.69) is 37.7 Å². The molecule has 0 aromatic carbocycles. The second-order valence-electron chi connectivity index (χ2n) is 6.45. The normalized spacial score (nSPS) is 15.8. The van der Waals surface area contributed by atoms with Crippen molar-refractivity contribution in [2.75, 3.05) is 24.2 Å². The minimum Gasteiger partial charge on any atom is -0.383 e. The number of nitrogens with two attached hydrogens (primary N) is 1. The Morgan fingerprint density at radius 3 is 2.39 bits per heavy atom. The summed E-state index contributed by atoms with van der Waals surface area (Å²) in [5.74, 6) is 3.25. The predicted octanol–water partition coefficient (Wildman–Crippen LogP) is 2.51. The molecule has 0 radical (unpaired) electrons. The van der Waals surface area contributed by atoms with Crippen molar-refractivity contribution in [3.63, 3.8) is 0 Å². The molecule has 0 unspecified atom stereocenters. The van der Waals surface area contributed by atoms with Gasteiger partial charge in [0.15, 0.2) is 0 Å². The summed E-state index contributed by atoms with van der Waals surface area (Å²) < 4.78 is 0. The van der Waals surface area contributed by atoms with Gasteiger partial charge in [0.05, 0.1) is 0 Å². The molecule has 100 valence electrons. The molecule has 0 amide bonds. The first-order valence-electron chi connectivity index (χ1n) is 6.64. The Hall–Kier alpha value is -1.32. The average molecular weight is 248 g/mol. The van der Waals surface area contributed by atoms with Gasteiger partial charge >= 0.3 is 0 Å². The molecule has 18 heavy (non-hydrogen) atoms. The summed E-state index contributed by atoms with van der Waals surface area (Å²) in [6.45, 7) is 9.41. The zero-order valence-corrected chi connectivity index (χ0v) is 12.1. The number of nitrogen functional groups attached to an aromatic ring is 1. The quantitative estimate of drug-likeness (QED) is 0.893. The van der Waals surface area contributed by atoms with E-state index in [4.69, 9.17) is 10.7 Å². The summed E-state index contributed by atoms with van der Waals surface area (Å²) in [5.41, 5.74) is 6.94. The molecular weight excluding hydrogens is 224 g/mol. The molecule has 4 nitrogen and oxygen atoms in total. The molecule has 1 aliphatic rings. The molecule has 2 N–H and O–H groups in total. The lowest BCUT2D eigenvalue weighted by Gasteiger charge is -2.24. The summed E-state index contributed by atoms with van der Waals surface area (Å²) in [4.78, 5) is 11.4. The Labute approximate surface area is 110 Å². The van der Waals surface area contributed by atoms with Gasteiger partial charge in [-0.15, -0.1) is 0 Å². The van der Waals surface area contributed by atoms with Gasteiger partial charge in [0.1, 0.15) is 17.5 Å². The van der Waals surface area contributed by atoms with E-state index in [1.54, 1.807) is 0 Å². The van der Waals surface area contributed by atoms with Crippen LogP contribution in [-0.4, -0.2) is 23.6 Å². The van der Waals surface area contributed by atoms with E-state index in [0.717, 1.165) is 29.7 Å². The van der Waals surface area contributed by atoms with Crippen LogP contribution in [0.1, 0.15) is 45.0 Å². The van der Waals surface area contributed by atoms with Crippen molar-refractivity contribution in [3.8, 4) is 0 Å². The van der Waals surface area contributed by atoms with E-state index in [1.165, 1.54) is 12.8 Å². The molecule has 4 heteroatoms. The van der Waals surface area contributed by atoms with Crippen LogP contribution in [0, 0.1) is 12.8 Å². The molecule has 0 bridgehead atoms. The van der Waals surface area contributed by atoms with Crippen LogP contribution in [-0.2, 0) is 5.41 Å². The first kappa shape index (κ1) is 13.1. The first-order valence-corrected chi connectivity index (χ1v) is 6.64. The average Bonchev–Trinajstić information content (AvgIpc) is 3.03. The maximum Gasteiger partial charge on any atom is 0.138 e. The smallest absolute Gasteiger partial charge is 0.138 e. The minimum absolute atomic E-state index is 0.0724. The van der Waals surface area contributed by atoms with Crippen LogP contribution in [0.3, 0.4) is 0 Å². The highest BCUT2D eigenvalue weighted by Gasteiger charge is 2.26. The Morgan fingerprint density at radius 1 is 1.28 bits per heavy atom. The lowest BCUT2D eigenvalue weighted by molar-refractivity contribution is 0.544. The molecule has 1 aromatic rings. The van der Waals surface area contributed by atoms with Gasteiger partial charge in [-0.2, -0.15) is 0 Å². The van der Waals surface area contributed by atoms with Gasteiger partial charge in [-0.05, 0) is 25.7 Å². The van der Waals surface area contributed by atoms with Crippen molar-refractivity contribution in [3.05, 3.63) is 11.4 Å². The Bertz CT molecular complexity index is 444. The van der Waals surface area contributed by atoms with Crippen LogP contribution >= 0.6 is 0 Å². The fourth-order valence-corrected chi connectivity index (χ4v) is 2.00. The molecule has 0 saturated heterocycles. The second-order valence-corrected chi connectivity index (χ2v) is 6.45. The molecule has 0 aliphatic heterocycles. The van der Waals surface area contributed by atoms with Gasteiger partial charge in [0.25, 0.3) is 0 Å². The maximum absolute atomic E-state index is 6.02. The monoisotopic (exact) mass is 248 g/mol. The molecule has 1 heterocycles. The second kappa shape index (κ2) is 4.41. The lowest BCUT2D eigenvalue weighted by Crippen LogP contribution is -2.26. The molecule has 0 spiro atoms. The van der Waals surface area contributed by atoms with Crippen LogP contribution in [0.25, 0.3) is 0 Å².